The van der Waals surface area contributed by atoms with Gasteiger partial charge in [0.25, 0.3) is 10.0 Å². The highest BCUT2D eigenvalue weighted by molar-refractivity contribution is 7.89. The molecule has 1 aromatic heterocycles. The van der Waals surface area contributed by atoms with E-state index in [-0.39, 0.29) is 26.6 Å². The van der Waals surface area contributed by atoms with Crippen LogP contribution in [0.15, 0.2) is 47.6 Å². The lowest BCUT2D eigenvalue weighted by molar-refractivity contribution is 0.585. The molecule has 0 fully saturated rings. The Balaban J connectivity index is 1.95. The van der Waals surface area contributed by atoms with Crippen LogP contribution in [0.3, 0.4) is 0 Å². The number of hydrogen-bond acceptors (Lipinski definition) is 3. The van der Waals surface area contributed by atoms with Crippen molar-refractivity contribution in [1.29, 1.82) is 0 Å². The molecule has 1 aliphatic rings. The van der Waals surface area contributed by atoms with E-state index in [2.05, 4.69) is 14.7 Å². The van der Waals surface area contributed by atoms with Gasteiger partial charge in [-0.1, -0.05) is 35.3 Å². The predicted molar refractivity (Wildman–Crippen MR) is 106 cm³/mol. The molecule has 0 spiro atoms. The van der Waals surface area contributed by atoms with Gasteiger partial charge in [0.2, 0.25) is 0 Å². The fourth-order valence-corrected chi connectivity index (χ4v) is 4.69. The third kappa shape index (κ3) is 3.52. The van der Waals surface area contributed by atoms with E-state index in [1.54, 1.807) is 6.92 Å². The van der Waals surface area contributed by atoms with E-state index in [9.17, 15) is 17.2 Å². The minimum atomic E-state index is -3.80. The summed E-state index contributed by atoms with van der Waals surface area (Å²) in [5.74, 6) is -1.63. The summed E-state index contributed by atoms with van der Waals surface area (Å²) in [5, 5.41) is -0.302. The number of benzene rings is 2. The van der Waals surface area contributed by atoms with E-state index >= 15 is 0 Å². The second-order valence-corrected chi connectivity index (χ2v) is 8.99. The van der Waals surface area contributed by atoms with E-state index in [0.717, 1.165) is 0 Å². The molecule has 1 aliphatic heterocycles. The summed E-state index contributed by atoms with van der Waals surface area (Å²) < 4.78 is 54.4. The molecule has 3 aromatic rings. The zero-order valence-corrected chi connectivity index (χ0v) is 17.1. The molecule has 0 bridgehead atoms. The molecule has 2 aromatic carbocycles. The van der Waals surface area contributed by atoms with E-state index in [1.807, 2.05) is 0 Å². The summed E-state index contributed by atoms with van der Waals surface area (Å²) in [5.41, 5.74) is 1.94. The van der Waals surface area contributed by atoms with Gasteiger partial charge in [0.05, 0.1) is 16.0 Å². The molecule has 2 N–H and O–H groups in total. The molecule has 0 saturated heterocycles. The first kappa shape index (κ1) is 19.9. The van der Waals surface area contributed by atoms with Crippen molar-refractivity contribution in [3.8, 4) is 0 Å². The summed E-state index contributed by atoms with van der Waals surface area (Å²) >= 11 is 11.9. The third-order valence-electron chi connectivity index (χ3n) is 4.59. The standard InChI is InChI=1S/C19H13Cl2F2N3O2S/c1-9-8-24-29(27,28)19-17(9)25-18(26-19)16(10-2-4-14(22)12(20)6-10)11-3-5-15(23)13(21)7-11/h2-8,16,24H,1H3,(H,25,26). The monoisotopic (exact) mass is 455 g/mol. The SMILES string of the molecule is CC1=CNS(=O)(=O)c2[nH]c(C(c3ccc(F)c(Cl)c3)c3ccc(F)c(Cl)c3)nc21. The van der Waals surface area contributed by atoms with Gasteiger partial charge in [-0.15, -0.1) is 0 Å². The van der Waals surface area contributed by atoms with Crippen LogP contribution in [-0.4, -0.2) is 18.4 Å². The number of rotatable bonds is 3. The second-order valence-electron chi connectivity index (χ2n) is 6.53. The van der Waals surface area contributed by atoms with Crippen LogP contribution in [0.1, 0.15) is 35.5 Å². The topological polar surface area (TPSA) is 74.8 Å². The van der Waals surface area contributed by atoms with Crippen molar-refractivity contribution in [3.05, 3.63) is 86.9 Å². The molecular weight excluding hydrogens is 443 g/mol. The number of H-pyrrole nitrogens is 1. The summed E-state index contributed by atoms with van der Waals surface area (Å²) in [4.78, 5) is 7.31. The van der Waals surface area contributed by atoms with Crippen molar-refractivity contribution >= 4 is 38.8 Å². The van der Waals surface area contributed by atoms with Crippen molar-refractivity contribution in [2.24, 2.45) is 0 Å². The molecular formula is C19H13Cl2F2N3O2S. The fraction of sp³-hybridized carbons (Fsp3) is 0.105. The Bertz CT molecular complexity index is 1220. The highest BCUT2D eigenvalue weighted by Crippen LogP contribution is 2.36. The van der Waals surface area contributed by atoms with Crippen LogP contribution in [0, 0.1) is 11.6 Å². The van der Waals surface area contributed by atoms with Crippen LogP contribution < -0.4 is 4.72 Å². The molecule has 0 amide bonds. The molecule has 0 aliphatic carbocycles. The number of sulfonamides is 1. The summed E-state index contributed by atoms with van der Waals surface area (Å²) in [6.45, 7) is 1.71. The molecule has 0 radical (unpaired) electrons. The van der Waals surface area contributed by atoms with Crippen molar-refractivity contribution in [3.63, 3.8) is 0 Å². The van der Waals surface area contributed by atoms with Crippen LogP contribution in [-0.2, 0) is 10.0 Å². The van der Waals surface area contributed by atoms with Crippen molar-refractivity contribution in [2.45, 2.75) is 17.9 Å². The molecule has 0 saturated carbocycles. The number of aromatic nitrogens is 2. The maximum Gasteiger partial charge on any atom is 0.279 e. The van der Waals surface area contributed by atoms with Gasteiger partial charge < -0.3 is 4.98 Å². The number of allylic oxidation sites excluding steroid dienone is 1. The van der Waals surface area contributed by atoms with Gasteiger partial charge in [-0.2, -0.15) is 8.42 Å². The Kier molecular flexibility index (Phi) is 4.88. The lowest BCUT2D eigenvalue weighted by Crippen LogP contribution is -2.23. The molecule has 29 heavy (non-hydrogen) atoms. The van der Waals surface area contributed by atoms with Gasteiger partial charge in [0.1, 0.15) is 23.2 Å². The van der Waals surface area contributed by atoms with Gasteiger partial charge in [-0.25, -0.2) is 13.8 Å². The maximum absolute atomic E-state index is 13.7. The van der Waals surface area contributed by atoms with Crippen LogP contribution in [0.2, 0.25) is 10.0 Å². The first-order chi connectivity index (χ1) is 13.7. The summed E-state index contributed by atoms with van der Waals surface area (Å²) in [7, 11) is -3.80. The van der Waals surface area contributed by atoms with E-state index in [1.165, 1.54) is 42.6 Å². The average molecular weight is 456 g/mol. The Labute approximate surface area is 175 Å². The van der Waals surface area contributed by atoms with Crippen LogP contribution in [0.25, 0.3) is 5.57 Å². The first-order valence-electron chi connectivity index (χ1n) is 8.36. The molecule has 4 rings (SSSR count). The zero-order valence-electron chi connectivity index (χ0n) is 14.8. The average Bonchev–Trinajstić information content (AvgIpc) is 3.12. The molecule has 0 atom stereocenters. The van der Waals surface area contributed by atoms with E-state index in [0.29, 0.717) is 16.7 Å². The number of hydrogen-bond donors (Lipinski definition) is 2. The predicted octanol–water partition coefficient (Wildman–Crippen LogP) is 4.83. The minimum absolute atomic E-state index is 0.0843. The maximum atomic E-state index is 13.7. The molecule has 0 unspecified atom stereocenters. The van der Waals surface area contributed by atoms with Crippen molar-refractivity contribution < 1.29 is 17.2 Å². The Hall–Kier alpha value is -2.42. The first-order valence-corrected chi connectivity index (χ1v) is 10.6. The van der Waals surface area contributed by atoms with E-state index in [4.69, 9.17) is 23.2 Å². The quantitative estimate of drug-likeness (QED) is 0.593. The van der Waals surface area contributed by atoms with Gasteiger partial charge in [-0.3, -0.25) is 4.72 Å². The lowest BCUT2D eigenvalue weighted by Gasteiger charge is -2.17. The summed E-state index contributed by atoms with van der Waals surface area (Å²) in [6, 6.07) is 8.22. The second kappa shape index (κ2) is 7.12. The molecule has 2 heterocycles. The third-order valence-corrected chi connectivity index (χ3v) is 6.43. The lowest BCUT2D eigenvalue weighted by atomic mass is 9.90. The van der Waals surface area contributed by atoms with Crippen LogP contribution in [0.5, 0.6) is 0 Å². The summed E-state index contributed by atoms with van der Waals surface area (Å²) in [6.07, 6.45) is 1.35. The Morgan fingerprint density at radius 2 is 1.55 bits per heavy atom. The van der Waals surface area contributed by atoms with Crippen molar-refractivity contribution in [2.75, 3.05) is 0 Å². The van der Waals surface area contributed by atoms with Crippen LogP contribution >= 0.6 is 23.2 Å². The number of aromatic amines is 1. The van der Waals surface area contributed by atoms with Gasteiger partial charge in [-0.05, 0) is 47.9 Å². The van der Waals surface area contributed by atoms with E-state index < -0.39 is 27.6 Å². The number of imidazole rings is 1. The largest absolute Gasteiger partial charge is 0.330 e. The molecule has 150 valence electrons. The Morgan fingerprint density at radius 3 is 2.03 bits per heavy atom. The smallest absolute Gasteiger partial charge is 0.279 e. The zero-order chi connectivity index (χ0) is 20.9. The highest BCUT2D eigenvalue weighted by Gasteiger charge is 2.31. The normalized spacial score (nSPS) is 15.0. The number of fused-ring (bicyclic) bond motifs is 1. The molecule has 10 heteroatoms. The van der Waals surface area contributed by atoms with Gasteiger partial charge in [0.15, 0.2) is 5.03 Å². The van der Waals surface area contributed by atoms with Crippen LogP contribution in [0.4, 0.5) is 8.78 Å². The fourth-order valence-electron chi connectivity index (χ4n) is 3.16. The minimum Gasteiger partial charge on any atom is -0.330 e. The number of nitrogens with zero attached hydrogens (tertiary/aromatic N) is 1. The highest BCUT2D eigenvalue weighted by atomic mass is 35.5. The molecule has 5 nitrogen and oxygen atoms in total. The Morgan fingerprint density at radius 1 is 1.00 bits per heavy atom. The van der Waals surface area contributed by atoms with Crippen molar-refractivity contribution in [1.82, 2.24) is 14.7 Å². The van der Waals surface area contributed by atoms with Gasteiger partial charge >= 0.3 is 0 Å². The number of halogens is 4. The number of nitrogens with one attached hydrogen (secondary N) is 2. The van der Waals surface area contributed by atoms with Gasteiger partial charge in [0, 0.05) is 6.20 Å².